The molecule has 0 bridgehead atoms. The molecule has 1 amide bonds. The predicted molar refractivity (Wildman–Crippen MR) is 125 cm³/mol. The quantitative estimate of drug-likeness (QED) is 0.250. The number of fused-ring (bicyclic) bond motifs is 2. The second kappa shape index (κ2) is 8.37. The van der Waals surface area contributed by atoms with Crippen molar-refractivity contribution in [3.63, 3.8) is 0 Å². The Morgan fingerprint density at radius 1 is 1.03 bits per heavy atom. The summed E-state index contributed by atoms with van der Waals surface area (Å²) in [5.74, 6) is -2.66. The lowest BCUT2D eigenvalue weighted by molar-refractivity contribution is 0.0974. The van der Waals surface area contributed by atoms with Crippen LogP contribution in [0.5, 0.6) is 0 Å². The van der Waals surface area contributed by atoms with Crippen molar-refractivity contribution in [2.45, 2.75) is 17.6 Å². The monoisotopic (exact) mass is 466 g/mol. The van der Waals surface area contributed by atoms with E-state index in [1.165, 1.54) is 16.2 Å². The fourth-order valence-corrected chi connectivity index (χ4v) is 5.01. The van der Waals surface area contributed by atoms with E-state index in [0.29, 0.717) is 33.1 Å². The van der Waals surface area contributed by atoms with Crippen molar-refractivity contribution in [1.82, 2.24) is 4.98 Å². The van der Waals surface area contributed by atoms with Crippen LogP contribution < -0.4 is 4.90 Å². The summed E-state index contributed by atoms with van der Waals surface area (Å²) in [4.78, 5) is 20.3. The van der Waals surface area contributed by atoms with E-state index in [1.807, 2.05) is 55.5 Å². The number of rotatable bonds is 5. The molecule has 2 aromatic heterocycles. The van der Waals surface area contributed by atoms with Crippen molar-refractivity contribution in [2.24, 2.45) is 0 Å². The van der Waals surface area contributed by atoms with Crippen LogP contribution in [0.2, 0.25) is 0 Å². The molecular weight excluding hydrogens is 450 g/mol. The third kappa shape index (κ3) is 3.76. The van der Waals surface area contributed by atoms with Crippen molar-refractivity contribution in [3.8, 4) is 0 Å². The van der Waals surface area contributed by atoms with Gasteiger partial charge >= 0.3 is 5.91 Å². The zero-order valence-electron chi connectivity index (χ0n) is 16.8. The van der Waals surface area contributed by atoms with Gasteiger partial charge in [-0.1, -0.05) is 53.4 Å². The Labute approximate surface area is 190 Å². The Morgan fingerprint density at radius 2 is 1.75 bits per heavy atom. The number of alkyl halides is 2. The van der Waals surface area contributed by atoms with Gasteiger partial charge < -0.3 is 4.42 Å². The van der Waals surface area contributed by atoms with E-state index >= 15 is 0 Å². The number of halogens is 2. The van der Waals surface area contributed by atoms with E-state index in [2.05, 4.69) is 4.98 Å². The molecule has 0 fully saturated rings. The molecule has 5 aromatic rings. The number of para-hydroxylation sites is 2. The summed E-state index contributed by atoms with van der Waals surface area (Å²) in [5.41, 5.74) is 2.66. The number of carbonyl (C=O) groups excluding carboxylic acids is 1. The number of thiazole rings is 1. The Morgan fingerprint density at radius 3 is 2.47 bits per heavy atom. The highest BCUT2D eigenvalue weighted by Gasteiger charge is 2.28. The molecule has 0 unspecified atom stereocenters. The summed E-state index contributed by atoms with van der Waals surface area (Å²) < 4.78 is 32.3. The largest absolute Gasteiger partial charge is 0.451 e. The number of hydrogen-bond donors (Lipinski definition) is 0. The predicted octanol–water partition coefficient (Wildman–Crippen LogP) is 7.64. The molecule has 0 aliphatic heterocycles. The SMILES string of the molecule is Cc1c(C(=O)N(c2ccc(SC(F)F)cc2)c2nc3ccccc3s2)oc2ccccc12. The number of anilines is 2. The highest BCUT2D eigenvalue weighted by Crippen LogP contribution is 2.37. The first-order chi connectivity index (χ1) is 15.5. The first-order valence-electron chi connectivity index (χ1n) is 9.74. The van der Waals surface area contributed by atoms with Gasteiger partial charge in [-0.2, -0.15) is 8.78 Å². The van der Waals surface area contributed by atoms with Crippen molar-refractivity contribution in [1.29, 1.82) is 0 Å². The minimum atomic E-state index is -2.51. The molecule has 0 radical (unpaired) electrons. The van der Waals surface area contributed by atoms with Crippen LogP contribution in [0.15, 0.2) is 82.1 Å². The lowest BCUT2D eigenvalue weighted by Crippen LogP contribution is -2.26. The average Bonchev–Trinajstić information content (AvgIpc) is 3.36. The fourth-order valence-electron chi connectivity index (χ4n) is 3.53. The first kappa shape index (κ1) is 20.7. The summed E-state index contributed by atoms with van der Waals surface area (Å²) in [5, 5.41) is 1.34. The summed E-state index contributed by atoms with van der Waals surface area (Å²) >= 11 is 1.84. The number of aryl methyl sites for hydroxylation is 1. The van der Waals surface area contributed by atoms with Gasteiger partial charge in [0.05, 0.1) is 15.9 Å². The number of hydrogen-bond acceptors (Lipinski definition) is 5. The van der Waals surface area contributed by atoms with Crippen LogP contribution in [0, 0.1) is 6.92 Å². The molecule has 5 rings (SSSR count). The maximum Gasteiger partial charge on any atom is 0.300 e. The lowest BCUT2D eigenvalue weighted by atomic mass is 10.1. The molecule has 32 heavy (non-hydrogen) atoms. The van der Waals surface area contributed by atoms with Crippen LogP contribution in [0.25, 0.3) is 21.2 Å². The van der Waals surface area contributed by atoms with Gasteiger partial charge in [-0.15, -0.1) is 0 Å². The third-order valence-electron chi connectivity index (χ3n) is 5.03. The number of aromatic nitrogens is 1. The standard InChI is InChI=1S/C24H16F2N2O2S2/c1-14-17-6-2-4-8-19(17)30-21(14)22(29)28(15-10-12-16(13-11-15)31-23(25)26)24-27-18-7-3-5-9-20(18)32-24/h2-13,23H,1H3. The molecule has 160 valence electrons. The van der Waals surface area contributed by atoms with Gasteiger partial charge in [0, 0.05) is 15.8 Å². The number of furan rings is 1. The lowest BCUT2D eigenvalue weighted by Gasteiger charge is -2.19. The second-order valence-electron chi connectivity index (χ2n) is 7.03. The van der Waals surface area contributed by atoms with Crippen LogP contribution in [0.3, 0.4) is 0 Å². The summed E-state index contributed by atoms with van der Waals surface area (Å²) in [7, 11) is 0. The van der Waals surface area contributed by atoms with Gasteiger partial charge in [0.1, 0.15) is 5.58 Å². The van der Waals surface area contributed by atoms with Gasteiger partial charge in [-0.25, -0.2) is 9.88 Å². The van der Waals surface area contributed by atoms with Crippen LogP contribution in [-0.2, 0) is 0 Å². The van der Waals surface area contributed by atoms with Gasteiger partial charge in [0.25, 0.3) is 5.76 Å². The molecule has 0 saturated heterocycles. The molecule has 3 aromatic carbocycles. The summed E-state index contributed by atoms with van der Waals surface area (Å²) in [6.07, 6.45) is 0. The maximum atomic E-state index is 13.7. The molecular formula is C24H16F2N2O2S2. The van der Waals surface area contributed by atoms with Gasteiger partial charge in [0.2, 0.25) is 0 Å². The average molecular weight is 467 g/mol. The second-order valence-corrected chi connectivity index (χ2v) is 9.10. The van der Waals surface area contributed by atoms with E-state index in [-0.39, 0.29) is 11.7 Å². The maximum absolute atomic E-state index is 13.7. The zero-order valence-corrected chi connectivity index (χ0v) is 18.4. The summed E-state index contributed by atoms with van der Waals surface area (Å²) in [6.45, 7) is 1.85. The highest BCUT2D eigenvalue weighted by atomic mass is 32.2. The number of benzene rings is 3. The molecule has 4 nitrogen and oxygen atoms in total. The van der Waals surface area contributed by atoms with Gasteiger partial charge in [0.15, 0.2) is 10.9 Å². The van der Waals surface area contributed by atoms with E-state index in [9.17, 15) is 13.6 Å². The van der Waals surface area contributed by atoms with Crippen LogP contribution in [-0.4, -0.2) is 16.6 Å². The van der Waals surface area contributed by atoms with E-state index in [0.717, 1.165) is 21.2 Å². The Bertz CT molecular complexity index is 1390. The fraction of sp³-hybridized carbons (Fsp3) is 0.0833. The number of thioether (sulfide) groups is 1. The van der Waals surface area contributed by atoms with Crippen molar-refractivity contribution in [3.05, 3.63) is 84.1 Å². The normalized spacial score (nSPS) is 11.5. The number of carbonyl (C=O) groups is 1. The Hall–Kier alpha value is -3.23. The van der Waals surface area contributed by atoms with Crippen LogP contribution in [0.4, 0.5) is 19.6 Å². The van der Waals surface area contributed by atoms with Gasteiger partial charge in [-0.3, -0.25) is 4.79 Å². The zero-order chi connectivity index (χ0) is 22.2. The number of amides is 1. The Balaban J connectivity index is 1.63. The third-order valence-corrected chi connectivity index (χ3v) is 6.78. The summed E-state index contributed by atoms with van der Waals surface area (Å²) in [6, 6.07) is 21.5. The molecule has 0 aliphatic rings. The van der Waals surface area contributed by atoms with Crippen LogP contribution in [0.1, 0.15) is 16.1 Å². The molecule has 0 saturated carbocycles. The molecule has 0 aliphatic carbocycles. The topological polar surface area (TPSA) is 46.3 Å². The molecule has 2 heterocycles. The van der Waals surface area contributed by atoms with E-state index in [1.54, 1.807) is 24.3 Å². The van der Waals surface area contributed by atoms with E-state index in [4.69, 9.17) is 4.42 Å². The minimum absolute atomic E-state index is 0.219. The molecule has 0 atom stereocenters. The first-order valence-corrected chi connectivity index (χ1v) is 11.4. The van der Waals surface area contributed by atoms with E-state index < -0.39 is 5.76 Å². The van der Waals surface area contributed by atoms with Crippen molar-refractivity contribution < 1.29 is 18.0 Å². The molecule has 0 N–H and O–H groups in total. The number of nitrogens with zero attached hydrogens (tertiary/aromatic N) is 2. The van der Waals surface area contributed by atoms with Gasteiger partial charge in [-0.05, 0) is 49.4 Å². The smallest absolute Gasteiger partial charge is 0.300 e. The minimum Gasteiger partial charge on any atom is -0.451 e. The Kier molecular flexibility index (Phi) is 5.40. The van der Waals surface area contributed by atoms with Crippen molar-refractivity contribution in [2.75, 3.05) is 4.90 Å². The highest BCUT2D eigenvalue weighted by molar-refractivity contribution is 7.99. The van der Waals surface area contributed by atoms with Crippen LogP contribution >= 0.6 is 23.1 Å². The molecule has 8 heteroatoms. The molecule has 0 spiro atoms. The van der Waals surface area contributed by atoms with Crippen molar-refractivity contribution >= 4 is 61.0 Å².